The summed E-state index contributed by atoms with van der Waals surface area (Å²) in [6.07, 6.45) is 1.68. The van der Waals surface area contributed by atoms with Crippen molar-refractivity contribution in [2.75, 3.05) is 6.61 Å². The van der Waals surface area contributed by atoms with Crippen LogP contribution in [-0.4, -0.2) is 6.61 Å². The van der Waals surface area contributed by atoms with Gasteiger partial charge < -0.3 is 9.25 Å². The molecule has 1 aromatic heterocycles. The first-order valence-electron chi connectivity index (χ1n) is 3.61. The van der Waals surface area contributed by atoms with Crippen LogP contribution < -0.4 is 5.90 Å². The van der Waals surface area contributed by atoms with Crippen LogP contribution in [0.5, 0.6) is 0 Å². The van der Waals surface area contributed by atoms with Crippen molar-refractivity contribution < 1.29 is 9.25 Å². The third-order valence-corrected chi connectivity index (χ3v) is 1.78. The Kier molecular flexibility index (Phi) is 2.68. The predicted molar refractivity (Wildman–Crippen MR) is 42.0 cm³/mol. The maximum absolute atomic E-state index is 5.14. The SMILES string of the molecule is Cc1occc1C(C)CON. The lowest BCUT2D eigenvalue weighted by molar-refractivity contribution is 0.126. The van der Waals surface area contributed by atoms with E-state index in [4.69, 9.17) is 10.3 Å². The average molecular weight is 155 g/mol. The van der Waals surface area contributed by atoms with Gasteiger partial charge in [0.2, 0.25) is 0 Å². The minimum Gasteiger partial charge on any atom is -0.469 e. The van der Waals surface area contributed by atoms with Gasteiger partial charge in [0.05, 0.1) is 12.9 Å². The Labute approximate surface area is 66.1 Å². The van der Waals surface area contributed by atoms with Gasteiger partial charge in [0, 0.05) is 5.92 Å². The quantitative estimate of drug-likeness (QED) is 0.674. The minimum absolute atomic E-state index is 0.304. The molecular weight excluding hydrogens is 142 g/mol. The third kappa shape index (κ3) is 1.82. The molecule has 11 heavy (non-hydrogen) atoms. The maximum atomic E-state index is 5.14. The zero-order valence-electron chi connectivity index (χ0n) is 6.83. The first-order chi connectivity index (χ1) is 5.25. The summed E-state index contributed by atoms with van der Waals surface area (Å²) in [6, 6.07) is 1.94. The number of nitrogens with two attached hydrogens (primary N) is 1. The summed E-state index contributed by atoms with van der Waals surface area (Å²) < 4.78 is 5.14. The zero-order chi connectivity index (χ0) is 8.27. The van der Waals surface area contributed by atoms with E-state index in [1.54, 1.807) is 6.26 Å². The van der Waals surface area contributed by atoms with E-state index in [2.05, 4.69) is 4.84 Å². The number of rotatable bonds is 3. The molecule has 0 fully saturated rings. The van der Waals surface area contributed by atoms with E-state index in [1.165, 1.54) is 0 Å². The summed E-state index contributed by atoms with van der Waals surface area (Å²) in [5.74, 6) is 6.20. The minimum atomic E-state index is 0.304. The monoisotopic (exact) mass is 155 g/mol. The van der Waals surface area contributed by atoms with Gasteiger partial charge in [-0.1, -0.05) is 6.92 Å². The number of hydrogen-bond donors (Lipinski definition) is 1. The average Bonchev–Trinajstić information content (AvgIpc) is 2.36. The molecule has 0 aliphatic rings. The third-order valence-electron chi connectivity index (χ3n) is 1.78. The van der Waals surface area contributed by atoms with Crippen LogP contribution in [0.2, 0.25) is 0 Å². The highest BCUT2D eigenvalue weighted by Gasteiger charge is 2.09. The molecule has 0 saturated heterocycles. The van der Waals surface area contributed by atoms with Gasteiger partial charge in [-0.05, 0) is 18.6 Å². The molecule has 1 unspecified atom stereocenters. The van der Waals surface area contributed by atoms with Crippen molar-refractivity contribution >= 4 is 0 Å². The van der Waals surface area contributed by atoms with E-state index < -0.39 is 0 Å². The van der Waals surface area contributed by atoms with Crippen LogP contribution in [0.4, 0.5) is 0 Å². The van der Waals surface area contributed by atoms with E-state index in [-0.39, 0.29) is 0 Å². The van der Waals surface area contributed by atoms with Gasteiger partial charge in [-0.2, -0.15) is 0 Å². The smallest absolute Gasteiger partial charge is 0.104 e. The first kappa shape index (κ1) is 8.30. The Hall–Kier alpha value is -0.800. The summed E-state index contributed by atoms with van der Waals surface area (Å²) in [5, 5.41) is 0. The molecule has 62 valence electrons. The van der Waals surface area contributed by atoms with Crippen LogP contribution in [0.15, 0.2) is 16.7 Å². The molecule has 0 aliphatic heterocycles. The lowest BCUT2D eigenvalue weighted by Gasteiger charge is -2.07. The second kappa shape index (κ2) is 3.55. The van der Waals surface area contributed by atoms with Crippen molar-refractivity contribution in [1.82, 2.24) is 0 Å². The van der Waals surface area contributed by atoms with Crippen LogP contribution in [0, 0.1) is 6.92 Å². The molecule has 0 aromatic carbocycles. The molecule has 3 nitrogen and oxygen atoms in total. The summed E-state index contributed by atoms with van der Waals surface area (Å²) >= 11 is 0. The van der Waals surface area contributed by atoms with Crippen LogP contribution in [0.1, 0.15) is 24.2 Å². The van der Waals surface area contributed by atoms with E-state index in [1.807, 2.05) is 19.9 Å². The molecule has 1 rings (SSSR count). The predicted octanol–water partition coefficient (Wildman–Crippen LogP) is 1.58. The Morgan fingerprint density at radius 1 is 1.73 bits per heavy atom. The van der Waals surface area contributed by atoms with Crippen LogP contribution in [0.3, 0.4) is 0 Å². The molecule has 2 N–H and O–H groups in total. The molecule has 1 aromatic rings. The topological polar surface area (TPSA) is 48.4 Å². The standard InChI is InChI=1S/C8H13NO2/c1-6(5-11-9)8-3-4-10-7(8)2/h3-4,6H,5,9H2,1-2H3. The molecule has 1 heterocycles. The number of furan rings is 1. The van der Waals surface area contributed by atoms with Crippen LogP contribution >= 0.6 is 0 Å². The fourth-order valence-corrected chi connectivity index (χ4v) is 1.14. The van der Waals surface area contributed by atoms with Gasteiger partial charge in [-0.25, -0.2) is 5.90 Å². The van der Waals surface area contributed by atoms with Crippen LogP contribution in [-0.2, 0) is 4.84 Å². The van der Waals surface area contributed by atoms with E-state index in [9.17, 15) is 0 Å². The lowest BCUT2D eigenvalue weighted by atomic mass is 10.0. The van der Waals surface area contributed by atoms with Gasteiger partial charge >= 0.3 is 0 Å². The van der Waals surface area contributed by atoms with Crippen LogP contribution in [0.25, 0.3) is 0 Å². The normalized spacial score (nSPS) is 13.4. The highest BCUT2D eigenvalue weighted by atomic mass is 16.6. The molecule has 0 spiro atoms. The van der Waals surface area contributed by atoms with Crippen molar-refractivity contribution in [1.29, 1.82) is 0 Å². The molecule has 0 bridgehead atoms. The van der Waals surface area contributed by atoms with Gasteiger partial charge in [-0.3, -0.25) is 0 Å². The fraction of sp³-hybridized carbons (Fsp3) is 0.500. The zero-order valence-corrected chi connectivity index (χ0v) is 6.83. The summed E-state index contributed by atoms with van der Waals surface area (Å²) in [6.45, 7) is 4.51. The van der Waals surface area contributed by atoms with Crippen molar-refractivity contribution in [3.05, 3.63) is 23.7 Å². The molecule has 1 atom stereocenters. The Morgan fingerprint density at radius 3 is 2.91 bits per heavy atom. The van der Waals surface area contributed by atoms with Gasteiger partial charge in [-0.15, -0.1) is 0 Å². The fourth-order valence-electron chi connectivity index (χ4n) is 1.14. The summed E-state index contributed by atoms with van der Waals surface area (Å²) in [7, 11) is 0. The Morgan fingerprint density at radius 2 is 2.45 bits per heavy atom. The number of hydrogen-bond acceptors (Lipinski definition) is 3. The molecule has 3 heteroatoms. The highest BCUT2D eigenvalue weighted by Crippen LogP contribution is 2.19. The van der Waals surface area contributed by atoms with E-state index in [0.717, 1.165) is 11.3 Å². The second-order valence-electron chi connectivity index (χ2n) is 2.67. The highest BCUT2D eigenvalue weighted by molar-refractivity contribution is 5.19. The lowest BCUT2D eigenvalue weighted by Crippen LogP contribution is -2.08. The second-order valence-corrected chi connectivity index (χ2v) is 2.67. The van der Waals surface area contributed by atoms with Gasteiger partial charge in [0.15, 0.2) is 0 Å². The molecule has 0 amide bonds. The van der Waals surface area contributed by atoms with E-state index >= 15 is 0 Å². The van der Waals surface area contributed by atoms with Crippen molar-refractivity contribution in [2.24, 2.45) is 5.90 Å². The number of aryl methyl sites for hydroxylation is 1. The molecule has 0 saturated carbocycles. The maximum Gasteiger partial charge on any atom is 0.104 e. The van der Waals surface area contributed by atoms with Gasteiger partial charge in [0.25, 0.3) is 0 Å². The molecular formula is C8H13NO2. The largest absolute Gasteiger partial charge is 0.469 e. The van der Waals surface area contributed by atoms with Crippen molar-refractivity contribution in [2.45, 2.75) is 19.8 Å². The van der Waals surface area contributed by atoms with Gasteiger partial charge in [0.1, 0.15) is 5.76 Å². The summed E-state index contributed by atoms with van der Waals surface area (Å²) in [5.41, 5.74) is 1.16. The summed E-state index contributed by atoms with van der Waals surface area (Å²) in [4.78, 5) is 4.54. The Bertz CT molecular complexity index is 220. The molecule has 0 radical (unpaired) electrons. The van der Waals surface area contributed by atoms with E-state index in [0.29, 0.717) is 12.5 Å². The Balaban J connectivity index is 2.67. The molecule has 0 aliphatic carbocycles. The van der Waals surface area contributed by atoms with Crippen molar-refractivity contribution in [3.8, 4) is 0 Å². The van der Waals surface area contributed by atoms with Crippen molar-refractivity contribution in [3.63, 3.8) is 0 Å². The first-order valence-corrected chi connectivity index (χ1v) is 3.61.